The van der Waals surface area contributed by atoms with E-state index in [1.807, 2.05) is 27.7 Å². The molecule has 0 spiro atoms. The van der Waals surface area contributed by atoms with Crippen molar-refractivity contribution in [1.29, 1.82) is 0 Å². The van der Waals surface area contributed by atoms with Gasteiger partial charge in [0.15, 0.2) is 11.4 Å². The average molecular weight is 364 g/mol. The lowest BCUT2D eigenvalue weighted by Gasteiger charge is -2.32. The van der Waals surface area contributed by atoms with Gasteiger partial charge in [-0.3, -0.25) is 9.59 Å². The molecule has 0 aliphatic carbocycles. The van der Waals surface area contributed by atoms with Gasteiger partial charge in [0.2, 0.25) is 0 Å². The van der Waals surface area contributed by atoms with Crippen LogP contribution in [0.15, 0.2) is 23.7 Å². The predicted octanol–water partition coefficient (Wildman–Crippen LogP) is 3.93. The number of thioether (sulfide) groups is 1. The van der Waals surface area contributed by atoms with Crippen molar-refractivity contribution in [2.45, 2.75) is 45.8 Å². The van der Waals surface area contributed by atoms with Crippen LogP contribution < -0.4 is 0 Å². The van der Waals surface area contributed by atoms with E-state index in [1.165, 1.54) is 13.0 Å². The molecule has 1 aromatic rings. The Morgan fingerprint density at radius 1 is 1.20 bits per heavy atom. The van der Waals surface area contributed by atoms with Crippen molar-refractivity contribution in [3.63, 3.8) is 0 Å². The van der Waals surface area contributed by atoms with Crippen molar-refractivity contribution >= 4 is 36.4 Å². The van der Waals surface area contributed by atoms with Crippen molar-refractivity contribution in [1.82, 2.24) is 0 Å². The van der Waals surface area contributed by atoms with Gasteiger partial charge in [-0.05, 0) is 39.2 Å². The molecule has 7 heteroatoms. The fourth-order valence-corrected chi connectivity index (χ4v) is 2.92. The van der Waals surface area contributed by atoms with E-state index in [2.05, 4.69) is 0 Å². The number of carbonyl (C=O) groups excluding carboxylic acids is 2. The highest BCUT2D eigenvalue weighted by atomic mass is 32.2. The Morgan fingerprint density at radius 3 is 2.28 bits per heavy atom. The summed E-state index contributed by atoms with van der Waals surface area (Å²) in [6.45, 7) is 9.18. The Bertz CT molecular complexity index is 699. The fourth-order valence-electron chi connectivity index (χ4n) is 2.33. The third-order valence-corrected chi connectivity index (χ3v) is 5.41. The first-order valence-electron chi connectivity index (χ1n) is 8.00. The monoisotopic (exact) mass is 364 g/mol. The van der Waals surface area contributed by atoms with Crippen molar-refractivity contribution in [2.75, 3.05) is 5.75 Å². The maximum atomic E-state index is 14.4. The Kier molecular flexibility index (Phi) is 5.91. The maximum Gasteiger partial charge on any atom is 0.491 e. The fraction of sp³-hybridized carbons (Fsp3) is 0.444. The minimum atomic E-state index is -0.684. The molecule has 0 saturated carbocycles. The van der Waals surface area contributed by atoms with E-state index in [1.54, 1.807) is 18.2 Å². The molecule has 1 aromatic carbocycles. The zero-order valence-electron chi connectivity index (χ0n) is 15.1. The van der Waals surface area contributed by atoms with Crippen LogP contribution in [0.3, 0.4) is 0 Å². The summed E-state index contributed by atoms with van der Waals surface area (Å²) in [6.07, 6.45) is 2.08. The number of hydrogen-bond acceptors (Lipinski definition) is 5. The average Bonchev–Trinajstić information content (AvgIpc) is 2.73. The highest BCUT2D eigenvalue weighted by molar-refractivity contribution is 8.13. The molecule has 0 N–H and O–H groups in total. The highest BCUT2D eigenvalue weighted by Crippen LogP contribution is 2.39. The Hall–Kier alpha value is -1.44. The third-order valence-electron chi connectivity index (χ3n) is 4.52. The van der Waals surface area contributed by atoms with Gasteiger partial charge in [-0.15, -0.1) is 0 Å². The van der Waals surface area contributed by atoms with Crippen LogP contribution >= 0.6 is 11.8 Å². The Labute approximate surface area is 152 Å². The van der Waals surface area contributed by atoms with Crippen LogP contribution in [0.2, 0.25) is 0 Å². The Balaban J connectivity index is 2.40. The molecule has 1 fully saturated rings. The van der Waals surface area contributed by atoms with E-state index in [-0.39, 0.29) is 16.2 Å². The SMILES string of the molecule is CC(=O)SCC(=Cc1cccc(C=O)c1F)B1OC(C)(C)C(C)(C)O1. The second-order valence-corrected chi connectivity index (χ2v) is 8.11. The molecular formula is C18H22BFO4S. The van der Waals surface area contributed by atoms with Crippen LogP contribution in [0.1, 0.15) is 50.5 Å². The van der Waals surface area contributed by atoms with Gasteiger partial charge in [-0.25, -0.2) is 4.39 Å². The quantitative estimate of drug-likeness (QED) is 0.585. The van der Waals surface area contributed by atoms with Crippen molar-refractivity contribution in [3.05, 3.63) is 40.6 Å². The largest absolute Gasteiger partial charge is 0.491 e. The van der Waals surface area contributed by atoms with Crippen molar-refractivity contribution in [2.24, 2.45) is 0 Å². The molecule has 1 aliphatic heterocycles. The van der Waals surface area contributed by atoms with Crippen LogP contribution in [0.5, 0.6) is 0 Å². The van der Waals surface area contributed by atoms with Crippen LogP contribution in [0, 0.1) is 5.82 Å². The lowest BCUT2D eigenvalue weighted by atomic mass is 9.78. The lowest BCUT2D eigenvalue weighted by Crippen LogP contribution is -2.41. The first-order valence-corrected chi connectivity index (χ1v) is 8.99. The minimum absolute atomic E-state index is 0.0127. The molecule has 2 rings (SSSR count). The van der Waals surface area contributed by atoms with E-state index >= 15 is 0 Å². The van der Waals surface area contributed by atoms with Crippen LogP contribution in [-0.2, 0) is 14.1 Å². The van der Waals surface area contributed by atoms with E-state index in [4.69, 9.17) is 9.31 Å². The van der Waals surface area contributed by atoms with Gasteiger partial charge in [0.05, 0.1) is 16.8 Å². The second-order valence-electron chi connectivity index (χ2n) is 6.96. The lowest BCUT2D eigenvalue weighted by molar-refractivity contribution is -0.109. The van der Waals surface area contributed by atoms with Gasteiger partial charge in [0.1, 0.15) is 5.82 Å². The number of halogens is 1. The van der Waals surface area contributed by atoms with Gasteiger partial charge < -0.3 is 9.31 Å². The first kappa shape index (κ1) is 19.9. The molecule has 1 aliphatic rings. The number of carbonyl (C=O) groups is 2. The van der Waals surface area contributed by atoms with E-state index in [0.29, 0.717) is 17.5 Å². The standard InChI is InChI=1S/C18H22BFO4S/c1-12(22)25-11-15(19-23-17(2,3)18(4,5)24-19)9-13-7-6-8-14(10-21)16(13)20/h6-10H,11H2,1-5H3. The summed E-state index contributed by atoms with van der Waals surface area (Å²) in [6, 6.07) is 4.60. The third kappa shape index (κ3) is 4.40. The number of benzene rings is 1. The molecule has 1 heterocycles. The van der Waals surface area contributed by atoms with E-state index in [0.717, 1.165) is 11.8 Å². The molecular weight excluding hydrogens is 342 g/mol. The predicted molar refractivity (Wildman–Crippen MR) is 99.0 cm³/mol. The van der Waals surface area contributed by atoms with Gasteiger partial charge >= 0.3 is 7.12 Å². The number of aldehydes is 1. The zero-order chi connectivity index (χ0) is 18.8. The van der Waals surface area contributed by atoms with Gasteiger partial charge in [-0.2, -0.15) is 0 Å². The summed E-state index contributed by atoms with van der Waals surface area (Å²) in [7, 11) is -0.684. The molecule has 25 heavy (non-hydrogen) atoms. The van der Waals surface area contributed by atoms with Gasteiger partial charge in [0, 0.05) is 18.2 Å². The summed E-state index contributed by atoms with van der Waals surface area (Å²) in [5.74, 6) is -0.281. The topological polar surface area (TPSA) is 52.6 Å². The molecule has 0 atom stereocenters. The molecule has 0 aromatic heterocycles. The normalized spacial score (nSPS) is 19.1. The zero-order valence-corrected chi connectivity index (χ0v) is 15.9. The number of rotatable bonds is 5. The van der Waals surface area contributed by atoms with Gasteiger partial charge in [-0.1, -0.05) is 30.0 Å². The summed E-state index contributed by atoms with van der Waals surface area (Å²) >= 11 is 1.10. The molecule has 4 nitrogen and oxygen atoms in total. The molecule has 0 unspecified atom stereocenters. The van der Waals surface area contributed by atoms with E-state index < -0.39 is 24.1 Å². The molecule has 0 bridgehead atoms. The van der Waals surface area contributed by atoms with Crippen LogP contribution in [0.25, 0.3) is 6.08 Å². The Morgan fingerprint density at radius 2 is 1.76 bits per heavy atom. The summed E-state index contributed by atoms with van der Waals surface area (Å²) in [4.78, 5) is 22.3. The molecule has 0 radical (unpaired) electrons. The number of hydrogen-bond donors (Lipinski definition) is 0. The summed E-state index contributed by atoms with van der Waals surface area (Å²) in [5, 5.41) is -0.0514. The second kappa shape index (κ2) is 7.44. The minimum Gasteiger partial charge on any atom is -0.400 e. The van der Waals surface area contributed by atoms with E-state index in [9.17, 15) is 14.0 Å². The maximum absolute atomic E-state index is 14.4. The summed E-state index contributed by atoms with van der Waals surface area (Å²) in [5.41, 5.74) is -0.192. The molecule has 134 valence electrons. The van der Waals surface area contributed by atoms with Crippen LogP contribution in [0.4, 0.5) is 4.39 Å². The van der Waals surface area contributed by atoms with Crippen molar-refractivity contribution < 1.29 is 23.3 Å². The highest BCUT2D eigenvalue weighted by Gasteiger charge is 2.52. The molecule has 0 amide bonds. The summed E-state index contributed by atoms with van der Waals surface area (Å²) < 4.78 is 26.4. The molecule has 1 saturated heterocycles. The first-order chi connectivity index (χ1) is 11.6. The van der Waals surface area contributed by atoms with Gasteiger partial charge in [0.25, 0.3) is 0 Å². The van der Waals surface area contributed by atoms with Crippen LogP contribution in [-0.4, -0.2) is 35.5 Å². The smallest absolute Gasteiger partial charge is 0.400 e. The van der Waals surface area contributed by atoms with Crippen molar-refractivity contribution in [3.8, 4) is 0 Å².